The summed E-state index contributed by atoms with van der Waals surface area (Å²) in [5, 5.41) is 0. The van der Waals surface area contributed by atoms with Gasteiger partial charge in [0.05, 0.1) is 0 Å². The Bertz CT molecular complexity index is 1210. The topological polar surface area (TPSA) is 7.12 Å². The molecule has 0 fully saturated rings. The van der Waals surface area contributed by atoms with Crippen LogP contribution in [0, 0.1) is 0 Å². The molecule has 0 amide bonds. The molecule has 0 radical (unpaired) electrons. The Morgan fingerprint density at radius 3 is 1.04 bits per heavy atom. The zero-order valence-electron chi connectivity index (χ0n) is 31.2. The van der Waals surface area contributed by atoms with Crippen LogP contribution >= 0.6 is 0 Å². The fourth-order valence-electron chi connectivity index (χ4n) is 6.47. The Balaban J connectivity index is 1.45. The minimum Gasteiger partial charge on any atom is -0.372 e. The van der Waals surface area contributed by atoms with Crippen LogP contribution in [-0.2, 0) is 7.05 Å². The molecule has 0 N–H and O–H groups in total. The van der Waals surface area contributed by atoms with E-state index in [0.717, 1.165) is 0 Å². The summed E-state index contributed by atoms with van der Waals surface area (Å²) in [4.78, 5) is 2.67. The van der Waals surface area contributed by atoms with E-state index in [2.05, 4.69) is 121 Å². The number of aromatic nitrogens is 1. The van der Waals surface area contributed by atoms with Gasteiger partial charge in [-0.25, -0.2) is 4.57 Å². The molecule has 0 unspecified atom stereocenters. The predicted octanol–water partition coefficient (Wildman–Crippen LogP) is 13.5. The minimum atomic E-state index is 1.19. The van der Waals surface area contributed by atoms with Gasteiger partial charge in [0, 0.05) is 30.9 Å². The van der Waals surface area contributed by atoms with Gasteiger partial charge in [-0.3, -0.25) is 0 Å². The van der Waals surface area contributed by atoms with E-state index in [-0.39, 0.29) is 0 Å². The lowest BCUT2D eigenvalue weighted by atomic mass is 10.1. The lowest BCUT2D eigenvalue weighted by molar-refractivity contribution is -0.671. The van der Waals surface area contributed by atoms with Crippen molar-refractivity contribution in [2.24, 2.45) is 7.05 Å². The lowest BCUT2D eigenvalue weighted by Gasteiger charge is -2.25. The lowest BCUT2D eigenvalue weighted by Crippen LogP contribution is -2.25. The molecule has 0 atom stereocenters. The van der Waals surface area contributed by atoms with Crippen molar-refractivity contribution in [3.8, 4) is 0 Å². The number of anilines is 1. The summed E-state index contributed by atoms with van der Waals surface area (Å²) in [7, 11) is 2.04. The fraction of sp³-hybridized carbons (Fsp3) is 0.543. The van der Waals surface area contributed by atoms with Gasteiger partial charge in [-0.15, -0.1) is 0 Å². The molecule has 0 bridgehead atoms. The highest BCUT2D eigenvalue weighted by Crippen LogP contribution is 2.21. The molecule has 1 heterocycles. The van der Waals surface area contributed by atoms with E-state index in [4.69, 9.17) is 0 Å². The number of rotatable bonds is 27. The Kier molecular flexibility index (Phi) is 21.2. The first-order valence-corrected chi connectivity index (χ1v) is 19.9. The largest absolute Gasteiger partial charge is 0.372 e. The number of benzene rings is 2. The third-order valence-electron chi connectivity index (χ3n) is 9.70. The average Bonchev–Trinajstić information content (AvgIpc) is 3.12. The molecule has 48 heavy (non-hydrogen) atoms. The van der Waals surface area contributed by atoms with Crippen molar-refractivity contribution in [1.29, 1.82) is 0 Å². The first-order valence-electron chi connectivity index (χ1n) is 19.9. The molecule has 2 aromatic carbocycles. The number of aryl methyl sites for hydroxylation is 1. The van der Waals surface area contributed by atoms with E-state index in [0.29, 0.717) is 0 Å². The van der Waals surface area contributed by atoms with Gasteiger partial charge in [0.25, 0.3) is 0 Å². The zero-order chi connectivity index (χ0) is 33.9. The molecule has 0 aliphatic rings. The Hall–Kier alpha value is -3.13. The van der Waals surface area contributed by atoms with Crippen molar-refractivity contribution in [2.45, 2.75) is 142 Å². The third-order valence-corrected chi connectivity index (χ3v) is 9.70. The van der Waals surface area contributed by atoms with E-state index < -0.39 is 0 Å². The Labute approximate surface area is 296 Å². The second kappa shape index (κ2) is 25.8. The summed E-state index contributed by atoms with van der Waals surface area (Å²) in [6, 6.07) is 22.4. The van der Waals surface area contributed by atoms with Crippen LogP contribution in [0.15, 0.2) is 73.1 Å². The van der Waals surface area contributed by atoms with E-state index in [1.54, 1.807) is 0 Å². The van der Waals surface area contributed by atoms with E-state index >= 15 is 0 Å². The second-order valence-corrected chi connectivity index (χ2v) is 14.1. The van der Waals surface area contributed by atoms with Crippen molar-refractivity contribution in [2.75, 3.05) is 18.0 Å². The quantitative estimate of drug-likeness (QED) is 0.0453. The van der Waals surface area contributed by atoms with Gasteiger partial charge in [0.1, 0.15) is 7.05 Å². The van der Waals surface area contributed by atoms with E-state index in [1.807, 2.05) is 7.05 Å². The van der Waals surface area contributed by atoms with Gasteiger partial charge in [0.2, 0.25) is 0 Å². The molecule has 3 aromatic rings. The Morgan fingerprint density at radius 1 is 0.396 bits per heavy atom. The summed E-state index contributed by atoms with van der Waals surface area (Å²) in [6.45, 7) is 6.98. The van der Waals surface area contributed by atoms with Gasteiger partial charge in [-0.1, -0.05) is 190 Å². The summed E-state index contributed by atoms with van der Waals surface area (Å²) in [5.41, 5.74) is 6.31. The van der Waals surface area contributed by atoms with Gasteiger partial charge < -0.3 is 4.90 Å². The second-order valence-electron chi connectivity index (χ2n) is 14.1. The maximum Gasteiger partial charge on any atom is 0.169 e. The van der Waals surface area contributed by atoms with Crippen LogP contribution in [-0.4, -0.2) is 13.1 Å². The van der Waals surface area contributed by atoms with Gasteiger partial charge >= 0.3 is 0 Å². The van der Waals surface area contributed by atoms with Crippen LogP contribution in [0.2, 0.25) is 0 Å². The predicted molar refractivity (Wildman–Crippen MR) is 214 cm³/mol. The molecule has 262 valence electrons. The minimum absolute atomic E-state index is 1.19. The fourth-order valence-corrected chi connectivity index (χ4v) is 6.47. The number of unbranched alkanes of at least 4 members (excludes halogenated alkanes) is 18. The normalized spacial score (nSPS) is 11.6. The summed E-state index contributed by atoms with van der Waals surface area (Å²) < 4.78 is 2.06. The van der Waals surface area contributed by atoms with Crippen molar-refractivity contribution < 1.29 is 4.57 Å². The molecule has 0 spiro atoms. The Morgan fingerprint density at radius 2 is 0.688 bits per heavy atom. The molecular formula is C46H69N2+. The van der Waals surface area contributed by atoms with Crippen molar-refractivity contribution in [3.63, 3.8) is 0 Å². The number of hydrogen-bond donors (Lipinski definition) is 0. The zero-order valence-corrected chi connectivity index (χ0v) is 31.2. The molecule has 0 aliphatic carbocycles. The monoisotopic (exact) mass is 650 g/mol. The highest BCUT2D eigenvalue weighted by Gasteiger charge is 2.07. The molecule has 1 aromatic heterocycles. The van der Waals surface area contributed by atoms with Crippen LogP contribution in [0.4, 0.5) is 5.69 Å². The van der Waals surface area contributed by atoms with Gasteiger partial charge in [-0.2, -0.15) is 0 Å². The number of nitrogens with zero attached hydrogens (tertiary/aromatic N) is 2. The SMILES string of the molecule is CCCCCCCCCCCCN(CCCCCCCCCCCC)c1ccc(/C=C/c2ccc(/C=C/c3cc[n+](C)cc3)cc2)cc1. The van der Waals surface area contributed by atoms with Gasteiger partial charge in [0.15, 0.2) is 12.4 Å². The summed E-state index contributed by atoms with van der Waals surface area (Å²) in [6.07, 6.45) is 40.9. The van der Waals surface area contributed by atoms with Crippen LogP contribution < -0.4 is 9.47 Å². The molecule has 2 nitrogen and oxygen atoms in total. The number of pyridine rings is 1. The standard InChI is InChI=1S/C46H69N2/c1-4-6-8-10-12-14-16-18-20-22-38-48(39-23-21-19-17-15-13-11-9-7-5-2)46-34-32-44(33-35-46)29-28-42-24-26-43(27-25-42)30-31-45-36-40-47(3)41-37-45/h24-37,40-41H,4-23,38-39H2,1-3H3/q+1. The molecule has 2 heteroatoms. The highest BCUT2D eigenvalue weighted by molar-refractivity contribution is 5.73. The highest BCUT2D eigenvalue weighted by atomic mass is 15.1. The van der Waals surface area contributed by atoms with Crippen LogP contribution in [0.5, 0.6) is 0 Å². The molecule has 3 rings (SSSR count). The van der Waals surface area contributed by atoms with E-state index in [1.165, 1.54) is 169 Å². The van der Waals surface area contributed by atoms with Crippen molar-refractivity contribution in [3.05, 3.63) is 95.3 Å². The molecule has 0 saturated heterocycles. The molecule has 0 aliphatic heterocycles. The summed E-state index contributed by atoms with van der Waals surface area (Å²) in [5.74, 6) is 0. The first-order chi connectivity index (χ1) is 23.7. The van der Waals surface area contributed by atoms with Crippen LogP contribution in [0.25, 0.3) is 24.3 Å². The van der Waals surface area contributed by atoms with Crippen LogP contribution in [0.1, 0.15) is 165 Å². The van der Waals surface area contributed by atoms with Crippen molar-refractivity contribution >= 4 is 30.0 Å². The number of hydrogen-bond acceptors (Lipinski definition) is 1. The van der Waals surface area contributed by atoms with E-state index in [9.17, 15) is 0 Å². The van der Waals surface area contributed by atoms with Crippen LogP contribution in [0.3, 0.4) is 0 Å². The van der Waals surface area contributed by atoms with Gasteiger partial charge in [-0.05, 0) is 47.2 Å². The summed E-state index contributed by atoms with van der Waals surface area (Å²) >= 11 is 0. The molecular weight excluding hydrogens is 581 g/mol. The third kappa shape index (κ3) is 17.9. The van der Waals surface area contributed by atoms with Crippen molar-refractivity contribution in [1.82, 2.24) is 0 Å². The molecule has 0 saturated carbocycles. The maximum atomic E-state index is 2.67. The first kappa shape index (κ1) is 39.3. The maximum absolute atomic E-state index is 2.67. The smallest absolute Gasteiger partial charge is 0.169 e. The average molecular weight is 650 g/mol.